The van der Waals surface area contributed by atoms with Crippen LogP contribution in [0.1, 0.15) is 28.4 Å². The number of aliphatic carboxylic acids is 1. The Morgan fingerprint density at radius 3 is 2.00 bits per heavy atom. The number of carboxylic acids is 1. The average molecular weight is 313 g/mol. The number of benzene rings is 1. The second kappa shape index (κ2) is 5.25. The summed E-state index contributed by atoms with van der Waals surface area (Å²) in [5, 5.41) is 26.3. The largest absolute Gasteiger partial charge is 0.479 e. The normalized spacial score (nSPS) is 13.6. The highest BCUT2D eigenvalue weighted by molar-refractivity contribution is 5.76. The summed E-state index contributed by atoms with van der Waals surface area (Å²) in [5.41, 5.74) is -7.20. The van der Waals surface area contributed by atoms with Gasteiger partial charge in [0.1, 0.15) is 0 Å². The van der Waals surface area contributed by atoms with E-state index in [4.69, 9.17) is 10.4 Å². The SMILES string of the molecule is N#Cc1ccc(C(F)(F)F)c(C(O)C(=O)O)c1C(F)(F)F. The minimum absolute atomic E-state index is 0.120. The minimum Gasteiger partial charge on any atom is -0.479 e. The lowest BCUT2D eigenvalue weighted by Crippen LogP contribution is -2.24. The number of alkyl halides is 6. The van der Waals surface area contributed by atoms with Crippen molar-refractivity contribution in [3.8, 4) is 6.07 Å². The van der Waals surface area contributed by atoms with E-state index in [0.29, 0.717) is 0 Å². The molecule has 0 spiro atoms. The molecular weight excluding hydrogens is 308 g/mol. The highest BCUT2D eigenvalue weighted by Gasteiger charge is 2.45. The summed E-state index contributed by atoms with van der Waals surface area (Å²) in [4.78, 5) is 10.6. The topological polar surface area (TPSA) is 81.3 Å². The fourth-order valence-electron chi connectivity index (χ4n) is 1.67. The minimum atomic E-state index is -5.45. The second-order valence-corrected chi connectivity index (χ2v) is 3.80. The average Bonchev–Trinajstić information content (AvgIpc) is 2.33. The molecule has 0 radical (unpaired) electrons. The van der Waals surface area contributed by atoms with Crippen molar-refractivity contribution in [2.75, 3.05) is 0 Å². The summed E-state index contributed by atoms with van der Waals surface area (Å²) in [7, 11) is 0. The van der Waals surface area contributed by atoms with Crippen molar-refractivity contribution >= 4 is 5.97 Å². The number of nitrogens with zero attached hydrogens (tertiary/aromatic N) is 1. The number of nitriles is 1. The van der Waals surface area contributed by atoms with Crippen LogP contribution in [0.15, 0.2) is 12.1 Å². The lowest BCUT2D eigenvalue weighted by molar-refractivity contribution is -0.153. The van der Waals surface area contributed by atoms with Gasteiger partial charge in [0.05, 0.1) is 22.8 Å². The molecule has 1 rings (SSSR count). The molecular formula is C11H5F6NO3. The molecule has 1 atom stereocenters. The number of aliphatic hydroxyl groups excluding tert-OH is 1. The van der Waals surface area contributed by atoms with E-state index in [-0.39, 0.29) is 12.1 Å². The zero-order chi connectivity index (χ0) is 16.6. The first-order valence-corrected chi connectivity index (χ1v) is 5.03. The molecule has 0 aromatic heterocycles. The summed E-state index contributed by atoms with van der Waals surface area (Å²) in [5.74, 6) is -2.30. The van der Waals surface area contributed by atoms with Crippen LogP contribution < -0.4 is 0 Å². The van der Waals surface area contributed by atoms with E-state index in [0.717, 1.165) is 6.07 Å². The van der Waals surface area contributed by atoms with E-state index in [1.54, 1.807) is 0 Å². The molecule has 1 aromatic carbocycles. The standard InChI is InChI=1S/C11H5F6NO3/c12-10(13,14)5-2-1-4(3-18)7(11(15,16)17)6(5)8(19)9(20)21/h1-2,8,19H,(H,20,21). The van der Waals surface area contributed by atoms with Crippen LogP contribution >= 0.6 is 0 Å². The lowest BCUT2D eigenvalue weighted by atomic mass is 9.91. The van der Waals surface area contributed by atoms with Gasteiger partial charge in [0.15, 0.2) is 6.10 Å². The van der Waals surface area contributed by atoms with Gasteiger partial charge in [-0.2, -0.15) is 31.6 Å². The maximum Gasteiger partial charge on any atom is 0.418 e. The van der Waals surface area contributed by atoms with Gasteiger partial charge in [0.25, 0.3) is 0 Å². The van der Waals surface area contributed by atoms with Gasteiger partial charge in [0, 0.05) is 5.56 Å². The molecule has 0 fully saturated rings. The molecule has 0 amide bonds. The monoisotopic (exact) mass is 313 g/mol. The van der Waals surface area contributed by atoms with E-state index in [9.17, 15) is 36.2 Å². The molecule has 0 aliphatic rings. The number of halogens is 6. The third-order valence-corrected chi connectivity index (χ3v) is 2.46. The summed E-state index contributed by atoms with van der Waals surface area (Å²) in [6.45, 7) is 0. The van der Waals surface area contributed by atoms with Crippen LogP contribution in [0.3, 0.4) is 0 Å². The van der Waals surface area contributed by atoms with Gasteiger partial charge in [-0.15, -0.1) is 0 Å². The Kier molecular flexibility index (Phi) is 4.19. The highest BCUT2D eigenvalue weighted by atomic mass is 19.4. The van der Waals surface area contributed by atoms with Gasteiger partial charge in [-0.1, -0.05) is 0 Å². The van der Waals surface area contributed by atoms with Crippen molar-refractivity contribution in [3.63, 3.8) is 0 Å². The molecule has 2 N–H and O–H groups in total. The predicted octanol–water partition coefficient (Wildman–Crippen LogP) is 2.71. The fourth-order valence-corrected chi connectivity index (χ4v) is 1.67. The third kappa shape index (κ3) is 3.25. The van der Waals surface area contributed by atoms with Gasteiger partial charge >= 0.3 is 18.3 Å². The zero-order valence-electron chi connectivity index (χ0n) is 9.75. The summed E-state index contributed by atoms with van der Waals surface area (Å²) in [6, 6.07) is 1.41. The van der Waals surface area contributed by atoms with Crippen LogP contribution in [0.5, 0.6) is 0 Å². The quantitative estimate of drug-likeness (QED) is 0.823. The Hall–Kier alpha value is -2.28. The first-order chi connectivity index (χ1) is 9.41. The van der Waals surface area contributed by atoms with E-state index in [1.165, 1.54) is 0 Å². The van der Waals surface area contributed by atoms with Crippen LogP contribution in [0, 0.1) is 11.3 Å². The van der Waals surface area contributed by atoms with Crippen LogP contribution in [-0.4, -0.2) is 16.2 Å². The van der Waals surface area contributed by atoms with Crippen molar-refractivity contribution in [1.82, 2.24) is 0 Å². The van der Waals surface area contributed by atoms with Crippen LogP contribution in [0.2, 0.25) is 0 Å². The number of aliphatic hydroxyl groups is 1. The van der Waals surface area contributed by atoms with Gasteiger partial charge < -0.3 is 10.2 Å². The molecule has 0 bridgehead atoms. The molecule has 21 heavy (non-hydrogen) atoms. The second-order valence-electron chi connectivity index (χ2n) is 3.80. The molecule has 0 heterocycles. The molecule has 0 aliphatic carbocycles. The Morgan fingerprint density at radius 2 is 1.67 bits per heavy atom. The zero-order valence-corrected chi connectivity index (χ0v) is 9.75. The number of carboxylic acid groups (broad SMARTS) is 1. The molecule has 0 aliphatic heterocycles. The molecule has 0 saturated heterocycles. The Morgan fingerprint density at radius 1 is 1.14 bits per heavy atom. The first kappa shape index (κ1) is 16.8. The Bertz CT molecular complexity index is 614. The highest BCUT2D eigenvalue weighted by Crippen LogP contribution is 2.43. The summed E-state index contributed by atoms with van der Waals surface area (Å²) >= 11 is 0. The van der Waals surface area contributed by atoms with Gasteiger partial charge in [-0.3, -0.25) is 0 Å². The first-order valence-electron chi connectivity index (χ1n) is 5.03. The van der Waals surface area contributed by atoms with E-state index in [2.05, 4.69) is 0 Å². The van der Waals surface area contributed by atoms with Gasteiger partial charge in [-0.05, 0) is 12.1 Å². The number of hydrogen-bond acceptors (Lipinski definition) is 3. The molecule has 10 heteroatoms. The molecule has 4 nitrogen and oxygen atoms in total. The van der Waals surface area contributed by atoms with Crippen LogP contribution in [-0.2, 0) is 17.1 Å². The van der Waals surface area contributed by atoms with Crippen LogP contribution in [0.4, 0.5) is 26.3 Å². The number of rotatable bonds is 2. The molecule has 0 saturated carbocycles. The van der Waals surface area contributed by atoms with Crippen molar-refractivity contribution in [1.29, 1.82) is 5.26 Å². The smallest absolute Gasteiger partial charge is 0.418 e. The maximum absolute atomic E-state index is 12.9. The van der Waals surface area contributed by atoms with E-state index < -0.39 is 46.7 Å². The van der Waals surface area contributed by atoms with Crippen molar-refractivity contribution in [2.45, 2.75) is 18.5 Å². The maximum atomic E-state index is 12.9. The summed E-state index contributed by atoms with van der Waals surface area (Å²) in [6.07, 6.45) is -13.9. The van der Waals surface area contributed by atoms with Crippen LogP contribution in [0.25, 0.3) is 0 Å². The van der Waals surface area contributed by atoms with Crippen molar-refractivity contribution in [2.24, 2.45) is 0 Å². The fraction of sp³-hybridized carbons (Fsp3) is 0.273. The predicted molar refractivity (Wildman–Crippen MR) is 53.8 cm³/mol. The third-order valence-electron chi connectivity index (χ3n) is 2.46. The van der Waals surface area contributed by atoms with Crippen molar-refractivity contribution < 1.29 is 41.4 Å². The van der Waals surface area contributed by atoms with E-state index in [1.807, 2.05) is 0 Å². The summed E-state index contributed by atoms with van der Waals surface area (Å²) < 4.78 is 76.8. The van der Waals surface area contributed by atoms with Gasteiger partial charge in [0.2, 0.25) is 0 Å². The number of carbonyl (C=O) groups is 1. The Labute approximate surface area is 112 Å². The Balaban J connectivity index is 3.90. The molecule has 114 valence electrons. The molecule has 1 unspecified atom stereocenters. The van der Waals surface area contributed by atoms with Gasteiger partial charge in [-0.25, -0.2) is 4.79 Å². The lowest BCUT2D eigenvalue weighted by Gasteiger charge is -2.21. The van der Waals surface area contributed by atoms with Crippen molar-refractivity contribution in [3.05, 3.63) is 34.4 Å². The number of hydrogen-bond donors (Lipinski definition) is 2. The van der Waals surface area contributed by atoms with E-state index >= 15 is 0 Å². The molecule has 1 aromatic rings.